The summed E-state index contributed by atoms with van der Waals surface area (Å²) in [6.45, 7) is 7.69. The van der Waals surface area contributed by atoms with E-state index < -0.39 is 0 Å². The van der Waals surface area contributed by atoms with Gasteiger partial charge in [0.25, 0.3) is 0 Å². The molecule has 0 spiro atoms. The van der Waals surface area contributed by atoms with Crippen LogP contribution in [0.3, 0.4) is 0 Å². The number of hydrogen-bond acceptors (Lipinski definition) is 4. The maximum absolute atomic E-state index is 5.57. The van der Waals surface area contributed by atoms with E-state index in [0.717, 1.165) is 64.0 Å². The Kier molecular flexibility index (Phi) is 12.4. The second-order valence-electron chi connectivity index (χ2n) is 6.39. The van der Waals surface area contributed by atoms with Crippen molar-refractivity contribution in [1.82, 2.24) is 15.6 Å². The van der Waals surface area contributed by atoms with E-state index >= 15 is 0 Å². The smallest absolute Gasteiger partial charge is 0.191 e. The van der Waals surface area contributed by atoms with Gasteiger partial charge in [-0.3, -0.25) is 4.99 Å². The van der Waals surface area contributed by atoms with Crippen LogP contribution in [0.2, 0.25) is 0 Å². The zero-order valence-electron chi connectivity index (χ0n) is 16.2. The standard InChI is InChI=1S/C19H33N5O.HI/c1-3-4-13-25-14-7-9-22-19(20-2)23-16-17-8-10-21-18(15-17)24-11-5-6-12-24;/h8,10,15H,3-7,9,11-14,16H2,1-2H3,(H2,20,22,23);1H. The van der Waals surface area contributed by atoms with Crippen LogP contribution in [0.15, 0.2) is 23.3 Å². The van der Waals surface area contributed by atoms with Crippen LogP contribution >= 0.6 is 24.0 Å². The quantitative estimate of drug-likeness (QED) is 0.236. The monoisotopic (exact) mass is 475 g/mol. The van der Waals surface area contributed by atoms with Gasteiger partial charge in [0.1, 0.15) is 5.82 Å². The molecule has 2 N–H and O–H groups in total. The Morgan fingerprint density at radius 3 is 2.73 bits per heavy atom. The van der Waals surface area contributed by atoms with Gasteiger partial charge in [0.2, 0.25) is 0 Å². The molecule has 6 nitrogen and oxygen atoms in total. The molecule has 0 bridgehead atoms. The number of nitrogens with zero attached hydrogens (tertiary/aromatic N) is 3. The van der Waals surface area contributed by atoms with Crippen molar-refractivity contribution in [3.05, 3.63) is 23.9 Å². The Hall–Kier alpha value is -1.09. The van der Waals surface area contributed by atoms with Crippen LogP contribution in [0.25, 0.3) is 0 Å². The predicted octanol–water partition coefficient (Wildman–Crippen LogP) is 3.17. The fourth-order valence-electron chi connectivity index (χ4n) is 2.83. The molecule has 1 aliphatic rings. The first kappa shape index (κ1) is 23.0. The number of halogens is 1. The molecule has 0 aliphatic carbocycles. The summed E-state index contributed by atoms with van der Waals surface area (Å²) in [5, 5.41) is 6.70. The summed E-state index contributed by atoms with van der Waals surface area (Å²) in [6, 6.07) is 4.23. The van der Waals surface area contributed by atoms with Crippen molar-refractivity contribution in [3.63, 3.8) is 0 Å². The summed E-state index contributed by atoms with van der Waals surface area (Å²) in [7, 11) is 1.80. The van der Waals surface area contributed by atoms with Crippen molar-refractivity contribution in [2.75, 3.05) is 44.8 Å². The third-order valence-electron chi connectivity index (χ3n) is 4.32. The molecule has 0 amide bonds. The topological polar surface area (TPSA) is 61.8 Å². The van der Waals surface area contributed by atoms with Gasteiger partial charge < -0.3 is 20.3 Å². The Morgan fingerprint density at radius 2 is 2.00 bits per heavy atom. The molecule has 2 heterocycles. The molecule has 0 aromatic carbocycles. The molecule has 0 radical (unpaired) electrons. The highest BCUT2D eigenvalue weighted by Crippen LogP contribution is 2.18. The molecular formula is C19H34IN5O. The highest BCUT2D eigenvalue weighted by molar-refractivity contribution is 14.0. The molecule has 1 saturated heterocycles. The maximum Gasteiger partial charge on any atom is 0.191 e. The summed E-state index contributed by atoms with van der Waals surface area (Å²) < 4.78 is 5.57. The van der Waals surface area contributed by atoms with Crippen LogP contribution in [0.1, 0.15) is 44.6 Å². The summed E-state index contributed by atoms with van der Waals surface area (Å²) in [6.07, 6.45) is 7.74. The zero-order valence-corrected chi connectivity index (χ0v) is 18.5. The second-order valence-corrected chi connectivity index (χ2v) is 6.39. The predicted molar refractivity (Wildman–Crippen MR) is 120 cm³/mol. The highest BCUT2D eigenvalue weighted by atomic mass is 127. The molecule has 26 heavy (non-hydrogen) atoms. The average molecular weight is 475 g/mol. The van der Waals surface area contributed by atoms with Crippen LogP contribution in [0.4, 0.5) is 5.82 Å². The van der Waals surface area contributed by atoms with Crippen LogP contribution in [-0.2, 0) is 11.3 Å². The molecule has 7 heteroatoms. The van der Waals surface area contributed by atoms with Crippen molar-refractivity contribution >= 4 is 35.8 Å². The molecule has 0 unspecified atom stereocenters. The molecule has 148 valence electrons. The van der Waals surface area contributed by atoms with Crippen molar-refractivity contribution in [3.8, 4) is 0 Å². The fraction of sp³-hybridized carbons (Fsp3) is 0.684. The number of hydrogen-bond donors (Lipinski definition) is 2. The molecule has 1 fully saturated rings. The number of pyridine rings is 1. The first-order chi connectivity index (χ1) is 12.3. The van der Waals surface area contributed by atoms with E-state index in [-0.39, 0.29) is 24.0 Å². The summed E-state index contributed by atoms with van der Waals surface area (Å²) in [5.74, 6) is 1.91. The van der Waals surface area contributed by atoms with Crippen LogP contribution in [-0.4, -0.2) is 50.8 Å². The van der Waals surface area contributed by atoms with E-state index in [1.165, 1.54) is 24.8 Å². The Labute approximate surface area is 175 Å². The summed E-state index contributed by atoms with van der Waals surface area (Å²) in [4.78, 5) is 11.1. The maximum atomic E-state index is 5.57. The molecule has 1 aromatic heterocycles. The van der Waals surface area contributed by atoms with E-state index in [1.807, 2.05) is 6.20 Å². The second kappa shape index (κ2) is 14.0. The van der Waals surface area contributed by atoms with Gasteiger partial charge >= 0.3 is 0 Å². The van der Waals surface area contributed by atoms with Gasteiger partial charge in [-0.1, -0.05) is 13.3 Å². The fourth-order valence-corrected chi connectivity index (χ4v) is 2.83. The lowest BCUT2D eigenvalue weighted by atomic mass is 10.2. The van der Waals surface area contributed by atoms with Gasteiger partial charge in [-0.25, -0.2) is 4.98 Å². The van der Waals surface area contributed by atoms with Gasteiger partial charge in [-0.2, -0.15) is 0 Å². The lowest BCUT2D eigenvalue weighted by Gasteiger charge is -2.17. The first-order valence-electron chi connectivity index (χ1n) is 9.55. The van der Waals surface area contributed by atoms with E-state index in [2.05, 4.69) is 44.6 Å². The third kappa shape index (κ3) is 8.53. The number of aliphatic imine (C=N–C) groups is 1. The lowest BCUT2D eigenvalue weighted by Crippen LogP contribution is -2.37. The number of nitrogens with one attached hydrogen (secondary N) is 2. The Balaban J connectivity index is 0.00000338. The van der Waals surface area contributed by atoms with Gasteiger partial charge in [-0.15, -0.1) is 24.0 Å². The van der Waals surface area contributed by atoms with Gasteiger partial charge in [0, 0.05) is 52.6 Å². The van der Waals surface area contributed by atoms with E-state index in [9.17, 15) is 0 Å². The highest BCUT2D eigenvalue weighted by Gasteiger charge is 2.13. The number of aromatic nitrogens is 1. The van der Waals surface area contributed by atoms with Crippen LogP contribution in [0.5, 0.6) is 0 Å². The van der Waals surface area contributed by atoms with Crippen molar-refractivity contribution < 1.29 is 4.74 Å². The largest absolute Gasteiger partial charge is 0.381 e. The van der Waals surface area contributed by atoms with Crippen LogP contribution < -0.4 is 15.5 Å². The molecule has 1 aliphatic heterocycles. The zero-order chi connectivity index (χ0) is 17.7. The van der Waals surface area contributed by atoms with Gasteiger partial charge in [-0.05, 0) is 43.4 Å². The minimum atomic E-state index is 0. The van der Waals surface area contributed by atoms with Crippen molar-refractivity contribution in [1.29, 1.82) is 0 Å². The number of guanidine groups is 1. The molecule has 0 saturated carbocycles. The minimum Gasteiger partial charge on any atom is -0.381 e. The number of unbranched alkanes of at least 4 members (excludes halogenated alkanes) is 1. The average Bonchev–Trinajstić information content (AvgIpc) is 3.18. The van der Waals surface area contributed by atoms with Crippen molar-refractivity contribution in [2.24, 2.45) is 4.99 Å². The normalized spacial score (nSPS) is 14.2. The van der Waals surface area contributed by atoms with E-state index in [1.54, 1.807) is 7.05 Å². The summed E-state index contributed by atoms with van der Waals surface area (Å²) >= 11 is 0. The summed E-state index contributed by atoms with van der Waals surface area (Å²) in [5.41, 5.74) is 1.22. The first-order valence-corrected chi connectivity index (χ1v) is 9.55. The number of rotatable bonds is 10. The molecule has 2 rings (SSSR count). The minimum absolute atomic E-state index is 0. The number of ether oxygens (including phenoxy) is 1. The van der Waals surface area contributed by atoms with E-state index in [4.69, 9.17) is 4.74 Å². The van der Waals surface area contributed by atoms with Gasteiger partial charge in [0.05, 0.1) is 0 Å². The Bertz CT molecular complexity index is 520. The Morgan fingerprint density at radius 1 is 1.23 bits per heavy atom. The molecule has 0 atom stereocenters. The van der Waals surface area contributed by atoms with Crippen LogP contribution in [0, 0.1) is 0 Å². The van der Waals surface area contributed by atoms with E-state index in [0.29, 0.717) is 0 Å². The van der Waals surface area contributed by atoms with Gasteiger partial charge in [0.15, 0.2) is 5.96 Å². The van der Waals surface area contributed by atoms with Crippen molar-refractivity contribution in [2.45, 2.75) is 45.6 Å². The third-order valence-corrected chi connectivity index (χ3v) is 4.32. The molecule has 1 aromatic rings. The SMILES string of the molecule is CCCCOCCCNC(=NC)NCc1ccnc(N2CCCC2)c1.I. The molecular weight excluding hydrogens is 441 g/mol. The lowest BCUT2D eigenvalue weighted by molar-refractivity contribution is 0.129. The number of anilines is 1.